The zero-order chi connectivity index (χ0) is 23.9. The molecule has 0 unspecified atom stereocenters. The summed E-state index contributed by atoms with van der Waals surface area (Å²) < 4.78 is 27.4. The van der Waals surface area contributed by atoms with Crippen LogP contribution in [0.2, 0.25) is 5.02 Å². The third-order valence-electron chi connectivity index (χ3n) is 6.46. The van der Waals surface area contributed by atoms with Gasteiger partial charge < -0.3 is 14.4 Å². The van der Waals surface area contributed by atoms with Gasteiger partial charge in [0.05, 0.1) is 19.0 Å². The number of amides is 1. The lowest BCUT2D eigenvalue weighted by Gasteiger charge is -2.37. The van der Waals surface area contributed by atoms with E-state index >= 15 is 0 Å². The second-order valence-corrected chi connectivity index (χ2v) is 9.87. The minimum Gasteiger partial charge on any atom is -0.347 e. The van der Waals surface area contributed by atoms with Gasteiger partial charge in [0.2, 0.25) is 11.1 Å². The van der Waals surface area contributed by atoms with Crippen molar-refractivity contribution in [1.82, 2.24) is 24.5 Å². The molecule has 0 bridgehead atoms. The number of piperidine rings is 1. The molecule has 1 amide bonds. The van der Waals surface area contributed by atoms with Gasteiger partial charge in [-0.2, -0.15) is 4.98 Å². The Labute approximate surface area is 205 Å². The molecule has 2 fully saturated rings. The molecule has 180 valence electrons. The molecule has 1 spiro atoms. The summed E-state index contributed by atoms with van der Waals surface area (Å²) in [5.74, 6) is -0.134. The second-order valence-electron chi connectivity index (χ2n) is 8.52. The maximum atomic E-state index is 14.3. The summed E-state index contributed by atoms with van der Waals surface area (Å²) >= 11 is 7.51. The Morgan fingerprint density at radius 1 is 1.18 bits per heavy atom. The number of rotatable bonds is 5. The van der Waals surface area contributed by atoms with Crippen LogP contribution in [0, 0.1) is 19.7 Å². The van der Waals surface area contributed by atoms with Gasteiger partial charge in [-0.15, -0.1) is 5.10 Å². The summed E-state index contributed by atoms with van der Waals surface area (Å²) in [5, 5.41) is 5.39. The van der Waals surface area contributed by atoms with Gasteiger partial charge in [0, 0.05) is 54.3 Å². The standard InChI is InChI=1S/C23H25ClFN5O3S/c1-14-16(12-17-18(24)4-3-5-19(17)25)15(2)30-21(26-14)27-22(28-30)34-13-20(31)29-8-6-23(7-9-29)32-10-11-33-23/h3-5H,6-13H2,1-2H3. The first-order chi connectivity index (χ1) is 16.3. The zero-order valence-corrected chi connectivity index (χ0v) is 20.6. The molecule has 0 radical (unpaired) electrons. The van der Waals surface area contributed by atoms with Crippen LogP contribution in [0.25, 0.3) is 5.78 Å². The van der Waals surface area contributed by atoms with Crippen molar-refractivity contribution in [2.45, 2.75) is 44.1 Å². The number of thioether (sulfide) groups is 1. The number of hydrogen-bond acceptors (Lipinski definition) is 7. The number of aromatic nitrogens is 4. The lowest BCUT2D eigenvalue weighted by Crippen LogP contribution is -2.47. The molecule has 0 N–H and O–H groups in total. The van der Waals surface area contributed by atoms with Crippen molar-refractivity contribution < 1.29 is 18.7 Å². The molecular weight excluding hydrogens is 481 g/mol. The smallest absolute Gasteiger partial charge is 0.253 e. The summed E-state index contributed by atoms with van der Waals surface area (Å²) in [6.45, 7) is 6.22. The van der Waals surface area contributed by atoms with E-state index in [2.05, 4.69) is 15.1 Å². The van der Waals surface area contributed by atoms with E-state index in [1.54, 1.807) is 16.6 Å². The number of halogens is 2. The Morgan fingerprint density at radius 2 is 1.91 bits per heavy atom. The predicted molar refractivity (Wildman–Crippen MR) is 126 cm³/mol. The van der Waals surface area contributed by atoms with Crippen LogP contribution in [0.15, 0.2) is 23.4 Å². The minimum atomic E-state index is -0.501. The highest BCUT2D eigenvalue weighted by Gasteiger charge is 2.40. The third-order valence-corrected chi connectivity index (χ3v) is 7.64. The molecule has 0 aliphatic carbocycles. The summed E-state index contributed by atoms with van der Waals surface area (Å²) in [6, 6.07) is 4.66. The van der Waals surface area contributed by atoms with E-state index in [0.717, 1.165) is 17.0 Å². The van der Waals surface area contributed by atoms with Crippen molar-refractivity contribution in [3.05, 3.63) is 51.6 Å². The highest BCUT2D eigenvalue weighted by Crippen LogP contribution is 2.32. The van der Waals surface area contributed by atoms with Crippen LogP contribution in [0.3, 0.4) is 0 Å². The van der Waals surface area contributed by atoms with Crippen LogP contribution in [0.4, 0.5) is 4.39 Å². The number of benzene rings is 1. The van der Waals surface area contributed by atoms with Crippen molar-refractivity contribution >= 4 is 35.0 Å². The highest BCUT2D eigenvalue weighted by atomic mass is 35.5. The highest BCUT2D eigenvalue weighted by molar-refractivity contribution is 7.99. The van der Waals surface area contributed by atoms with Gasteiger partial charge in [0.1, 0.15) is 5.82 Å². The van der Waals surface area contributed by atoms with E-state index < -0.39 is 5.79 Å². The number of likely N-dealkylation sites (tertiary alicyclic amines) is 1. The first kappa shape index (κ1) is 23.5. The molecule has 34 heavy (non-hydrogen) atoms. The van der Waals surface area contributed by atoms with Gasteiger partial charge >= 0.3 is 0 Å². The van der Waals surface area contributed by atoms with Crippen molar-refractivity contribution in [3.63, 3.8) is 0 Å². The van der Waals surface area contributed by atoms with E-state index in [9.17, 15) is 9.18 Å². The molecule has 8 nitrogen and oxygen atoms in total. The van der Waals surface area contributed by atoms with Crippen LogP contribution in [-0.2, 0) is 20.7 Å². The van der Waals surface area contributed by atoms with E-state index in [0.29, 0.717) is 67.1 Å². The number of hydrogen-bond donors (Lipinski definition) is 0. The number of carbonyl (C=O) groups excluding carboxylic acids is 1. The SMILES string of the molecule is Cc1nc2nc(SCC(=O)N3CCC4(CC3)OCCO4)nn2c(C)c1Cc1c(F)cccc1Cl. The molecule has 2 aliphatic heterocycles. The third kappa shape index (κ3) is 4.51. The molecule has 4 heterocycles. The lowest BCUT2D eigenvalue weighted by atomic mass is 10.0. The average Bonchev–Trinajstić information content (AvgIpc) is 3.44. The van der Waals surface area contributed by atoms with Crippen LogP contribution in [0.1, 0.15) is 35.4 Å². The predicted octanol–water partition coefficient (Wildman–Crippen LogP) is 3.58. The molecule has 3 aromatic rings. The van der Waals surface area contributed by atoms with Gasteiger partial charge in [-0.05, 0) is 31.5 Å². The van der Waals surface area contributed by atoms with E-state index in [4.69, 9.17) is 21.1 Å². The van der Waals surface area contributed by atoms with Crippen LogP contribution in [-0.4, -0.2) is 68.2 Å². The van der Waals surface area contributed by atoms with Gasteiger partial charge in [-0.1, -0.05) is 29.4 Å². The molecule has 0 atom stereocenters. The van der Waals surface area contributed by atoms with Crippen molar-refractivity contribution in [1.29, 1.82) is 0 Å². The molecule has 11 heteroatoms. The minimum absolute atomic E-state index is 0.0347. The summed E-state index contributed by atoms with van der Waals surface area (Å²) in [6.07, 6.45) is 1.68. The van der Waals surface area contributed by atoms with Crippen molar-refractivity contribution in [2.75, 3.05) is 32.1 Å². The van der Waals surface area contributed by atoms with Gasteiger partial charge in [-0.3, -0.25) is 4.79 Å². The summed E-state index contributed by atoms with van der Waals surface area (Å²) in [5.41, 5.74) is 2.82. The lowest BCUT2D eigenvalue weighted by molar-refractivity contribution is -0.186. The summed E-state index contributed by atoms with van der Waals surface area (Å²) in [4.78, 5) is 23.6. The number of carbonyl (C=O) groups is 1. The van der Waals surface area contributed by atoms with E-state index in [1.165, 1.54) is 17.8 Å². The van der Waals surface area contributed by atoms with Gasteiger partial charge in [0.15, 0.2) is 5.79 Å². The molecular formula is C23H25ClFN5O3S. The van der Waals surface area contributed by atoms with Crippen LogP contribution in [0.5, 0.6) is 0 Å². The molecule has 2 aliphatic rings. The average molecular weight is 506 g/mol. The van der Waals surface area contributed by atoms with Gasteiger partial charge in [0.25, 0.3) is 5.78 Å². The summed E-state index contributed by atoms with van der Waals surface area (Å²) in [7, 11) is 0. The van der Waals surface area contributed by atoms with Gasteiger partial charge in [-0.25, -0.2) is 13.9 Å². The number of nitrogens with zero attached hydrogens (tertiary/aromatic N) is 5. The fourth-order valence-electron chi connectivity index (χ4n) is 4.49. The Kier molecular flexibility index (Phi) is 6.49. The fraction of sp³-hybridized carbons (Fsp3) is 0.478. The molecule has 0 saturated carbocycles. The van der Waals surface area contributed by atoms with Crippen LogP contribution >= 0.6 is 23.4 Å². The monoisotopic (exact) mass is 505 g/mol. The molecule has 5 rings (SSSR count). The largest absolute Gasteiger partial charge is 0.347 e. The first-order valence-corrected chi connectivity index (χ1v) is 12.6. The Morgan fingerprint density at radius 3 is 2.62 bits per heavy atom. The molecule has 1 aromatic carbocycles. The van der Waals surface area contributed by atoms with Crippen molar-refractivity contribution in [3.8, 4) is 0 Å². The quantitative estimate of drug-likeness (QED) is 0.490. The molecule has 2 aromatic heterocycles. The topological polar surface area (TPSA) is 81.9 Å². The van der Waals surface area contributed by atoms with E-state index in [-0.39, 0.29) is 17.5 Å². The maximum absolute atomic E-state index is 14.3. The van der Waals surface area contributed by atoms with E-state index in [1.807, 2.05) is 18.7 Å². The van der Waals surface area contributed by atoms with Crippen LogP contribution < -0.4 is 0 Å². The zero-order valence-electron chi connectivity index (χ0n) is 19.0. The first-order valence-electron chi connectivity index (χ1n) is 11.2. The molecule has 2 saturated heterocycles. The Balaban J connectivity index is 1.28. The number of fused-ring (bicyclic) bond motifs is 1. The number of ether oxygens (including phenoxy) is 2. The second kappa shape index (κ2) is 9.41. The fourth-order valence-corrected chi connectivity index (χ4v) is 5.44. The maximum Gasteiger partial charge on any atom is 0.253 e. The van der Waals surface area contributed by atoms with Crippen molar-refractivity contribution in [2.24, 2.45) is 0 Å². The Hall–Kier alpha value is -2.27. The normalized spacial score (nSPS) is 17.7. The Bertz CT molecular complexity index is 1220. The number of aryl methyl sites for hydroxylation is 2.